The van der Waals surface area contributed by atoms with Crippen molar-refractivity contribution in [2.45, 2.75) is 24.7 Å². The van der Waals surface area contributed by atoms with Crippen molar-refractivity contribution < 1.29 is 13.2 Å². The summed E-state index contributed by atoms with van der Waals surface area (Å²) in [6.45, 7) is 1.38. The third-order valence-electron chi connectivity index (χ3n) is 2.25. The minimum absolute atomic E-state index is 0.0347. The standard InChI is InChI=1S/C11H14F3NS/c1-3-15(11(12,13)14)8-9-5-4-6-10(7-9)16-2/h4-7H,3,8H2,1-2H3. The molecule has 0 N–H and O–H groups in total. The van der Waals surface area contributed by atoms with Crippen molar-refractivity contribution in [3.05, 3.63) is 29.8 Å². The van der Waals surface area contributed by atoms with Crippen LogP contribution in [0.4, 0.5) is 13.2 Å². The largest absolute Gasteiger partial charge is 0.460 e. The number of thioether (sulfide) groups is 1. The molecule has 0 saturated carbocycles. The summed E-state index contributed by atoms with van der Waals surface area (Å²) in [5.41, 5.74) is 0.686. The van der Waals surface area contributed by atoms with Crippen LogP contribution in [-0.2, 0) is 6.54 Å². The molecule has 1 aromatic rings. The first-order valence-corrected chi connectivity index (χ1v) is 6.14. The smallest absolute Gasteiger partial charge is 0.210 e. The van der Waals surface area contributed by atoms with Gasteiger partial charge >= 0.3 is 6.30 Å². The number of benzene rings is 1. The average Bonchev–Trinajstić information content (AvgIpc) is 2.24. The summed E-state index contributed by atoms with van der Waals surface area (Å²) >= 11 is 1.53. The summed E-state index contributed by atoms with van der Waals surface area (Å²) in [6.07, 6.45) is -2.36. The molecule has 90 valence electrons. The van der Waals surface area contributed by atoms with Gasteiger partial charge < -0.3 is 0 Å². The molecular formula is C11H14F3NS. The van der Waals surface area contributed by atoms with E-state index in [0.717, 1.165) is 4.90 Å². The van der Waals surface area contributed by atoms with Gasteiger partial charge in [-0.3, -0.25) is 0 Å². The molecule has 16 heavy (non-hydrogen) atoms. The number of hydrogen-bond donors (Lipinski definition) is 0. The molecule has 5 heteroatoms. The molecular weight excluding hydrogens is 235 g/mol. The topological polar surface area (TPSA) is 3.24 Å². The van der Waals surface area contributed by atoms with Gasteiger partial charge in [-0.15, -0.1) is 11.8 Å². The van der Waals surface area contributed by atoms with E-state index in [-0.39, 0.29) is 13.1 Å². The van der Waals surface area contributed by atoms with Crippen molar-refractivity contribution in [3.63, 3.8) is 0 Å². The van der Waals surface area contributed by atoms with Gasteiger partial charge in [-0.2, -0.15) is 13.2 Å². The van der Waals surface area contributed by atoms with E-state index in [0.29, 0.717) is 10.5 Å². The molecule has 0 atom stereocenters. The zero-order valence-corrected chi connectivity index (χ0v) is 10.0. The van der Waals surface area contributed by atoms with E-state index >= 15 is 0 Å². The lowest BCUT2D eigenvalue weighted by molar-refractivity contribution is -0.247. The van der Waals surface area contributed by atoms with Gasteiger partial charge in [0.05, 0.1) is 0 Å². The third kappa shape index (κ3) is 3.72. The molecule has 0 aliphatic heterocycles. The highest BCUT2D eigenvalue weighted by Crippen LogP contribution is 2.24. The molecule has 1 nitrogen and oxygen atoms in total. The van der Waals surface area contributed by atoms with Crippen LogP contribution in [0.25, 0.3) is 0 Å². The Labute approximate surface area is 97.6 Å². The van der Waals surface area contributed by atoms with Gasteiger partial charge in [0.25, 0.3) is 0 Å². The maximum Gasteiger partial charge on any atom is 0.460 e. The summed E-state index contributed by atoms with van der Waals surface area (Å²) in [5.74, 6) is 0. The second-order valence-corrected chi connectivity index (χ2v) is 4.21. The fourth-order valence-corrected chi connectivity index (χ4v) is 1.86. The molecule has 0 unspecified atom stereocenters. The van der Waals surface area contributed by atoms with Crippen molar-refractivity contribution in [3.8, 4) is 0 Å². The van der Waals surface area contributed by atoms with Gasteiger partial charge in [0.1, 0.15) is 0 Å². The monoisotopic (exact) mass is 249 g/mol. The van der Waals surface area contributed by atoms with Crippen molar-refractivity contribution in [1.82, 2.24) is 4.90 Å². The van der Waals surface area contributed by atoms with Crippen LogP contribution in [0.3, 0.4) is 0 Å². The van der Waals surface area contributed by atoms with Crippen LogP contribution in [0.15, 0.2) is 29.2 Å². The van der Waals surface area contributed by atoms with Crippen LogP contribution in [0.1, 0.15) is 12.5 Å². The number of halogens is 3. The van der Waals surface area contributed by atoms with E-state index in [1.807, 2.05) is 12.3 Å². The van der Waals surface area contributed by atoms with Gasteiger partial charge in [-0.1, -0.05) is 19.1 Å². The SMILES string of the molecule is CCN(Cc1cccc(SC)c1)C(F)(F)F. The number of hydrogen-bond acceptors (Lipinski definition) is 2. The first kappa shape index (κ1) is 13.4. The van der Waals surface area contributed by atoms with Crippen LogP contribution >= 0.6 is 11.8 Å². The minimum Gasteiger partial charge on any atom is -0.210 e. The maximum atomic E-state index is 12.5. The van der Waals surface area contributed by atoms with E-state index < -0.39 is 6.30 Å². The maximum absolute atomic E-state index is 12.5. The van der Waals surface area contributed by atoms with E-state index in [9.17, 15) is 13.2 Å². The Morgan fingerprint density at radius 3 is 2.50 bits per heavy atom. The Morgan fingerprint density at radius 2 is 2.00 bits per heavy atom. The number of nitrogens with zero attached hydrogens (tertiary/aromatic N) is 1. The summed E-state index contributed by atoms with van der Waals surface area (Å²) in [7, 11) is 0. The fraction of sp³-hybridized carbons (Fsp3) is 0.455. The Morgan fingerprint density at radius 1 is 1.31 bits per heavy atom. The molecule has 0 aromatic heterocycles. The Kier molecular flexibility index (Phi) is 4.68. The molecule has 0 aliphatic carbocycles. The molecule has 0 aliphatic rings. The second kappa shape index (κ2) is 5.59. The lowest BCUT2D eigenvalue weighted by atomic mass is 10.2. The van der Waals surface area contributed by atoms with Gasteiger partial charge in [0.15, 0.2) is 0 Å². The first-order valence-electron chi connectivity index (χ1n) is 4.92. The fourth-order valence-electron chi connectivity index (χ4n) is 1.37. The van der Waals surface area contributed by atoms with E-state index in [4.69, 9.17) is 0 Å². The summed E-state index contributed by atoms with van der Waals surface area (Å²) in [4.78, 5) is 1.47. The van der Waals surface area contributed by atoms with Crippen LogP contribution in [-0.4, -0.2) is 24.0 Å². The van der Waals surface area contributed by atoms with Crippen molar-refractivity contribution >= 4 is 11.8 Å². The normalized spacial score (nSPS) is 12.1. The van der Waals surface area contributed by atoms with Crippen LogP contribution in [0.2, 0.25) is 0 Å². The Bertz CT molecular complexity index is 338. The quantitative estimate of drug-likeness (QED) is 0.590. The van der Waals surface area contributed by atoms with E-state index in [1.165, 1.54) is 18.7 Å². The summed E-state index contributed by atoms with van der Waals surface area (Å²) in [6, 6.07) is 7.18. The molecule has 0 amide bonds. The highest BCUT2D eigenvalue weighted by atomic mass is 32.2. The van der Waals surface area contributed by atoms with Gasteiger partial charge in [-0.05, 0) is 24.0 Å². The number of rotatable bonds is 4. The number of alkyl halides is 3. The van der Waals surface area contributed by atoms with Crippen LogP contribution < -0.4 is 0 Å². The molecule has 0 saturated heterocycles. The summed E-state index contributed by atoms with van der Waals surface area (Å²) in [5, 5.41) is 0. The van der Waals surface area contributed by atoms with Crippen LogP contribution in [0, 0.1) is 0 Å². The summed E-state index contributed by atoms with van der Waals surface area (Å²) < 4.78 is 37.5. The molecule has 0 spiro atoms. The van der Waals surface area contributed by atoms with Gasteiger partial charge in [-0.25, -0.2) is 4.90 Å². The zero-order chi connectivity index (χ0) is 12.2. The van der Waals surface area contributed by atoms with E-state index in [2.05, 4.69) is 0 Å². The first-order chi connectivity index (χ1) is 7.47. The minimum atomic E-state index is -4.26. The van der Waals surface area contributed by atoms with Gasteiger partial charge in [0.2, 0.25) is 0 Å². The highest BCUT2D eigenvalue weighted by molar-refractivity contribution is 7.98. The molecule has 1 rings (SSSR count). The Hall–Kier alpha value is -0.680. The van der Waals surface area contributed by atoms with Crippen molar-refractivity contribution in [2.75, 3.05) is 12.8 Å². The highest BCUT2D eigenvalue weighted by Gasteiger charge is 2.35. The second-order valence-electron chi connectivity index (χ2n) is 3.33. The van der Waals surface area contributed by atoms with Gasteiger partial charge in [0, 0.05) is 18.0 Å². The van der Waals surface area contributed by atoms with Crippen LogP contribution in [0.5, 0.6) is 0 Å². The molecule has 0 fully saturated rings. The van der Waals surface area contributed by atoms with Crippen molar-refractivity contribution in [1.29, 1.82) is 0 Å². The third-order valence-corrected chi connectivity index (χ3v) is 2.97. The van der Waals surface area contributed by atoms with E-state index in [1.54, 1.807) is 18.2 Å². The Balaban J connectivity index is 2.78. The molecule has 0 bridgehead atoms. The van der Waals surface area contributed by atoms with Crippen molar-refractivity contribution in [2.24, 2.45) is 0 Å². The lowest BCUT2D eigenvalue weighted by Crippen LogP contribution is -2.37. The molecule has 1 aromatic carbocycles. The molecule has 0 heterocycles. The average molecular weight is 249 g/mol. The predicted octanol–water partition coefficient (Wildman–Crippen LogP) is 3.75. The molecule has 0 radical (unpaired) electrons. The predicted molar refractivity (Wildman–Crippen MR) is 60.4 cm³/mol. The zero-order valence-electron chi connectivity index (χ0n) is 9.21. The lowest BCUT2D eigenvalue weighted by Gasteiger charge is -2.23.